The highest BCUT2D eigenvalue weighted by atomic mass is 19.1. The first-order valence-corrected chi connectivity index (χ1v) is 7.02. The van der Waals surface area contributed by atoms with Crippen molar-refractivity contribution in [3.8, 4) is 0 Å². The van der Waals surface area contributed by atoms with Crippen molar-refractivity contribution in [3.05, 3.63) is 83.8 Å². The average Bonchev–Trinajstić information content (AvgIpc) is 2.53. The summed E-state index contributed by atoms with van der Waals surface area (Å²) in [5.74, 6) is -1.20. The third-order valence-corrected chi connectivity index (χ3v) is 2.95. The van der Waals surface area contributed by atoms with E-state index in [-0.39, 0.29) is 5.78 Å². The molecule has 5 heteroatoms. The molecule has 23 heavy (non-hydrogen) atoms. The fourth-order valence-corrected chi connectivity index (χ4v) is 1.91. The van der Waals surface area contributed by atoms with Gasteiger partial charge in [0.2, 0.25) is 0 Å². The Balaban J connectivity index is 2.08. The summed E-state index contributed by atoms with van der Waals surface area (Å²) in [4.78, 5) is 28.2. The van der Waals surface area contributed by atoms with Crippen LogP contribution < -0.4 is 0 Å². The molecule has 0 saturated carbocycles. The van der Waals surface area contributed by atoms with Gasteiger partial charge in [-0.2, -0.15) is 0 Å². The number of benzene rings is 2. The largest absolute Gasteiger partial charge is 0.341 e. The first-order valence-electron chi connectivity index (χ1n) is 7.02. The highest BCUT2D eigenvalue weighted by Gasteiger charge is 2.07. The van der Waals surface area contributed by atoms with Crippen molar-refractivity contribution < 1.29 is 18.8 Å². The molecule has 0 radical (unpaired) electrons. The van der Waals surface area contributed by atoms with Crippen LogP contribution in [0.5, 0.6) is 0 Å². The topological polar surface area (TPSA) is 46.6 Å². The van der Waals surface area contributed by atoms with E-state index in [0.717, 1.165) is 5.56 Å². The molecule has 0 aromatic heterocycles. The van der Waals surface area contributed by atoms with Crippen LogP contribution in [0.15, 0.2) is 66.9 Å². The molecule has 0 atom stereocenters. The molecular weight excluding hydrogens is 297 g/mol. The zero-order valence-corrected chi connectivity index (χ0v) is 12.6. The molecule has 0 heterocycles. The van der Waals surface area contributed by atoms with Crippen molar-refractivity contribution in [2.45, 2.75) is 13.5 Å². The summed E-state index contributed by atoms with van der Waals surface area (Å²) in [7, 11) is 0. The minimum atomic E-state index is -0.486. The maximum Gasteiger partial charge on any atom is 0.329 e. The predicted octanol–water partition coefficient (Wildman–Crippen LogP) is 3.50. The lowest BCUT2D eigenvalue weighted by atomic mass is 10.1. The van der Waals surface area contributed by atoms with Crippen molar-refractivity contribution in [1.29, 1.82) is 0 Å². The standard InChI is InChI=1S/C18H16FNO3/c1-14(21)23-20(13-15-5-3-2-4-6-15)12-11-18(22)16-7-9-17(19)10-8-16/h2-12H,13H2,1H3/b12-11-. The summed E-state index contributed by atoms with van der Waals surface area (Å²) in [5.41, 5.74) is 1.28. The number of allylic oxidation sites excluding steroid dienone is 1. The van der Waals surface area contributed by atoms with Crippen LogP contribution in [0.3, 0.4) is 0 Å². The Labute approximate surface area is 133 Å². The van der Waals surface area contributed by atoms with Crippen molar-refractivity contribution in [3.63, 3.8) is 0 Å². The third-order valence-electron chi connectivity index (χ3n) is 2.95. The molecule has 2 rings (SSSR count). The molecule has 118 valence electrons. The van der Waals surface area contributed by atoms with Gasteiger partial charge in [-0.1, -0.05) is 30.3 Å². The van der Waals surface area contributed by atoms with E-state index < -0.39 is 11.8 Å². The van der Waals surface area contributed by atoms with Gasteiger partial charge in [0.05, 0.1) is 6.54 Å². The highest BCUT2D eigenvalue weighted by molar-refractivity contribution is 6.04. The van der Waals surface area contributed by atoms with Gasteiger partial charge in [-0.3, -0.25) is 9.59 Å². The first-order chi connectivity index (χ1) is 11.0. The number of ketones is 1. The van der Waals surface area contributed by atoms with E-state index in [1.165, 1.54) is 48.5 Å². The van der Waals surface area contributed by atoms with Gasteiger partial charge in [-0.05, 0) is 29.8 Å². The predicted molar refractivity (Wildman–Crippen MR) is 83.6 cm³/mol. The lowest BCUT2D eigenvalue weighted by molar-refractivity contribution is -0.177. The number of rotatable bonds is 6. The Kier molecular flexibility index (Phi) is 5.63. The number of nitrogens with zero attached hydrogens (tertiary/aromatic N) is 1. The Morgan fingerprint density at radius 3 is 2.35 bits per heavy atom. The van der Waals surface area contributed by atoms with Crippen LogP contribution in [-0.2, 0) is 16.2 Å². The van der Waals surface area contributed by atoms with Crippen LogP contribution in [0.4, 0.5) is 4.39 Å². The van der Waals surface area contributed by atoms with Gasteiger partial charge in [0.25, 0.3) is 0 Å². The maximum absolute atomic E-state index is 12.9. The van der Waals surface area contributed by atoms with Crippen LogP contribution in [-0.4, -0.2) is 16.8 Å². The van der Waals surface area contributed by atoms with E-state index in [0.29, 0.717) is 12.1 Å². The first kappa shape index (κ1) is 16.4. The molecule has 4 nitrogen and oxygen atoms in total. The molecule has 0 aliphatic rings. The SMILES string of the molecule is CC(=O)ON(/C=C\C(=O)c1ccc(F)cc1)Cc1ccccc1. The fourth-order valence-electron chi connectivity index (χ4n) is 1.91. The Hall–Kier alpha value is -2.95. The average molecular weight is 313 g/mol. The van der Waals surface area contributed by atoms with E-state index in [9.17, 15) is 14.0 Å². The quantitative estimate of drug-likeness (QED) is 0.465. The molecule has 0 bridgehead atoms. The molecule has 0 N–H and O–H groups in total. The molecule has 0 unspecified atom stereocenters. The van der Waals surface area contributed by atoms with Crippen LogP contribution in [0, 0.1) is 5.82 Å². The second kappa shape index (κ2) is 7.89. The zero-order valence-electron chi connectivity index (χ0n) is 12.6. The monoisotopic (exact) mass is 313 g/mol. The molecule has 0 saturated heterocycles. The van der Waals surface area contributed by atoms with E-state index in [2.05, 4.69) is 0 Å². The summed E-state index contributed by atoms with van der Waals surface area (Å²) < 4.78 is 12.9. The van der Waals surface area contributed by atoms with Gasteiger partial charge < -0.3 is 4.84 Å². The minimum Gasteiger partial charge on any atom is -0.341 e. The van der Waals surface area contributed by atoms with Gasteiger partial charge in [-0.25, -0.2) is 9.45 Å². The Bertz CT molecular complexity index is 696. The van der Waals surface area contributed by atoms with Gasteiger partial charge in [0.1, 0.15) is 5.82 Å². The van der Waals surface area contributed by atoms with Gasteiger partial charge in [-0.15, -0.1) is 0 Å². The van der Waals surface area contributed by atoms with Gasteiger partial charge in [0.15, 0.2) is 5.78 Å². The molecule has 0 aliphatic carbocycles. The lowest BCUT2D eigenvalue weighted by Gasteiger charge is -2.18. The summed E-state index contributed by atoms with van der Waals surface area (Å²) in [6.07, 6.45) is 2.67. The molecule has 0 fully saturated rings. The highest BCUT2D eigenvalue weighted by Crippen LogP contribution is 2.08. The molecular formula is C18H16FNO3. The number of hydrogen-bond donors (Lipinski definition) is 0. The minimum absolute atomic E-state index is 0.310. The van der Waals surface area contributed by atoms with E-state index in [1.54, 1.807) is 0 Å². The summed E-state index contributed by atoms with van der Waals surface area (Å²) in [5, 5.41) is 1.28. The molecule has 0 aliphatic heterocycles. The number of hydrogen-bond acceptors (Lipinski definition) is 4. The van der Waals surface area contributed by atoms with Crippen molar-refractivity contribution in [2.24, 2.45) is 0 Å². The fraction of sp³-hybridized carbons (Fsp3) is 0.111. The Morgan fingerprint density at radius 2 is 1.74 bits per heavy atom. The molecule has 0 spiro atoms. The summed E-state index contributed by atoms with van der Waals surface area (Å²) >= 11 is 0. The molecule has 2 aromatic carbocycles. The van der Waals surface area contributed by atoms with E-state index in [1.807, 2.05) is 30.3 Å². The second-order valence-corrected chi connectivity index (χ2v) is 4.83. The third kappa shape index (κ3) is 5.39. The molecule has 2 aromatic rings. The lowest BCUT2D eigenvalue weighted by Crippen LogP contribution is -2.20. The van der Waals surface area contributed by atoms with Gasteiger partial charge in [0, 0.05) is 24.8 Å². The van der Waals surface area contributed by atoms with E-state index >= 15 is 0 Å². The number of carbonyl (C=O) groups excluding carboxylic acids is 2. The van der Waals surface area contributed by atoms with Crippen molar-refractivity contribution >= 4 is 11.8 Å². The maximum atomic E-state index is 12.9. The number of halogens is 1. The number of carbonyl (C=O) groups is 2. The van der Waals surface area contributed by atoms with Crippen molar-refractivity contribution in [2.75, 3.05) is 0 Å². The van der Waals surface area contributed by atoms with Crippen LogP contribution in [0.2, 0.25) is 0 Å². The Morgan fingerprint density at radius 1 is 1.09 bits per heavy atom. The van der Waals surface area contributed by atoms with Gasteiger partial charge >= 0.3 is 5.97 Å². The zero-order chi connectivity index (χ0) is 16.7. The van der Waals surface area contributed by atoms with Crippen LogP contribution >= 0.6 is 0 Å². The number of hydroxylamine groups is 2. The second-order valence-electron chi connectivity index (χ2n) is 4.83. The molecule has 0 amide bonds. The van der Waals surface area contributed by atoms with Crippen LogP contribution in [0.1, 0.15) is 22.8 Å². The normalized spacial score (nSPS) is 10.5. The summed E-state index contributed by atoms with van der Waals surface area (Å²) in [6.45, 7) is 1.60. The van der Waals surface area contributed by atoms with E-state index in [4.69, 9.17) is 4.84 Å². The smallest absolute Gasteiger partial charge is 0.329 e. The van der Waals surface area contributed by atoms with Crippen molar-refractivity contribution in [1.82, 2.24) is 5.06 Å². The van der Waals surface area contributed by atoms with Crippen LogP contribution in [0.25, 0.3) is 0 Å². The summed E-state index contributed by atoms with van der Waals surface area (Å²) in [6, 6.07) is 14.6.